The number of hydrogen-bond donors (Lipinski definition) is 0. The zero-order valence-corrected chi connectivity index (χ0v) is 17.0. The summed E-state index contributed by atoms with van der Waals surface area (Å²) in [7, 11) is 0. The standard InChI is InChI=1S/C24H34N2O/c1-3-5-7-19-8-10-20(11-9-19)22-17-25-24(26-18-22)21-12-14-23(15-13-21)27-16-6-4-2/h12-15,17-20H,3-11,16H2,1-2H3. The molecule has 1 aliphatic rings. The fourth-order valence-electron chi connectivity index (χ4n) is 4.01. The largest absolute Gasteiger partial charge is 0.494 e. The molecule has 0 spiro atoms. The second-order valence-electron chi connectivity index (χ2n) is 7.93. The molecule has 1 fully saturated rings. The van der Waals surface area contributed by atoms with Gasteiger partial charge in [0.25, 0.3) is 0 Å². The monoisotopic (exact) mass is 366 g/mol. The first-order valence-corrected chi connectivity index (χ1v) is 10.8. The van der Waals surface area contributed by atoms with Gasteiger partial charge in [-0.15, -0.1) is 0 Å². The Bertz CT molecular complexity index is 658. The lowest BCUT2D eigenvalue weighted by molar-refractivity contribution is 0.304. The summed E-state index contributed by atoms with van der Waals surface area (Å²) in [5.74, 6) is 3.31. The van der Waals surface area contributed by atoms with Crippen LogP contribution in [0.5, 0.6) is 5.75 Å². The minimum absolute atomic E-state index is 0.645. The molecule has 3 heteroatoms. The summed E-state index contributed by atoms with van der Waals surface area (Å²) in [6.07, 6.45) is 15.8. The first-order chi connectivity index (χ1) is 13.3. The van der Waals surface area contributed by atoms with Crippen LogP contribution < -0.4 is 4.74 Å². The van der Waals surface area contributed by atoms with Crippen LogP contribution in [0, 0.1) is 5.92 Å². The Morgan fingerprint density at radius 3 is 2.19 bits per heavy atom. The van der Waals surface area contributed by atoms with Gasteiger partial charge in [0.15, 0.2) is 5.82 Å². The van der Waals surface area contributed by atoms with Crippen LogP contribution in [0.25, 0.3) is 11.4 Å². The zero-order chi connectivity index (χ0) is 18.9. The van der Waals surface area contributed by atoms with E-state index in [9.17, 15) is 0 Å². The molecule has 0 aliphatic heterocycles. The molecule has 0 amide bonds. The second-order valence-corrected chi connectivity index (χ2v) is 7.93. The normalized spacial score (nSPS) is 19.8. The number of benzene rings is 1. The molecule has 3 nitrogen and oxygen atoms in total. The molecule has 1 aromatic carbocycles. The van der Waals surface area contributed by atoms with Crippen molar-refractivity contribution in [2.24, 2.45) is 5.92 Å². The van der Waals surface area contributed by atoms with Crippen LogP contribution in [-0.4, -0.2) is 16.6 Å². The van der Waals surface area contributed by atoms with Crippen LogP contribution in [0.3, 0.4) is 0 Å². The minimum atomic E-state index is 0.645. The van der Waals surface area contributed by atoms with Crippen LogP contribution in [0.15, 0.2) is 36.7 Å². The van der Waals surface area contributed by atoms with E-state index in [0.717, 1.165) is 42.5 Å². The van der Waals surface area contributed by atoms with Gasteiger partial charge in [-0.05, 0) is 73.8 Å². The molecule has 3 rings (SSSR count). The van der Waals surface area contributed by atoms with Gasteiger partial charge >= 0.3 is 0 Å². The first-order valence-electron chi connectivity index (χ1n) is 10.8. The van der Waals surface area contributed by atoms with Crippen molar-refractivity contribution in [3.05, 3.63) is 42.2 Å². The highest BCUT2D eigenvalue weighted by molar-refractivity contribution is 5.56. The third-order valence-electron chi connectivity index (χ3n) is 5.84. The van der Waals surface area contributed by atoms with Gasteiger partial charge in [-0.1, -0.05) is 39.5 Å². The Kier molecular flexibility index (Phi) is 7.67. The van der Waals surface area contributed by atoms with Crippen LogP contribution in [0.4, 0.5) is 0 Å². The fourth-order valence-corrected chi connectivity index (χ4v) is 4.01. The Morgan fingerprint density at radius 2 is 1.56 bits per heavy atom. The van der Waals surface area contributed by atoms with Crippen LogP contribution in [-0.2, 0) is 0 Å². The van der Waals surface area contributed by atoms with Crippen molar-refractivity contribution in [3.8, 4) is 17.1 Å². The summed E-state index contributed by atoms with van der Waals surface area (Å²) in [6.45, 7) is 5.24. The molecule has 1 aromatic heterocycles. The van der Waals surface area contributed by atoms with E-state index in [4.69, 9.17) is 4.74 Å². The van der Waals surface area contributed by atoms with E-state index < -0.39 is 0 Å². The number of unbranched alkanes of at least 4 members (excludes halogenated alkanes) is 2. The van der Waals surface area contributed by atoms with Crippen LogP contribution in [0.1, 0.15) is 83.1 Å². The Labute approximate surface area is 164 Å². The van der Waals surface area contributed by atoms with E-state index in [1.165, 1.54) is 50.5 Å². The average Bonchev–Trinajstić information content (AvgIpc) is 2.73. The minimum Gasteiger partial charge on any atom is -0.494 e. The molecule has 27 heavy (non-hydrogen) atoms. The Balaban J connectivity index is 1.54. The molecule has 0 radical (unpaired) electrons. The average molecular weight is 367 g/mol. The highest BCUT2D eigenvalue weighted by Crippen LogP contribution is 2.37. The van der Waals surface area contributed by atoms with E-state index in [2.05, 4.69) is 35.9 Å². The summed E-state index contributed by atoms with van der Waals surface area (Å²) in [5, 5.41) is 0. The second kappa shape index (κ2) is 10.4. The van der Waals surface area contributed by atoms with E-state index in [-0.39, 0.29) is 0 Å². The number of hydrogen-bond acceptors (Lipinski definition) is 3. The highest BCUT2D eigenvalue weighted by Gasteiger charge is 2.22. The lowest BCUT2D eigenvalue weighted by Gasteiger charge is -2.28. The van der Waals surface area contributed by atoms with Gasteiger partial charge in [0.1, 0.15) is 5.75 Å². The fraction of sp³-hybridized carbons (Fsp3) is 0.583. The Morgan fingerprint density at radius 1 is 0.889 bits per heavy atom. The summed E-state index contributed by atoms with van der Waals surface area (Å²) in [5.41, 5.74) is 2.36. The molecule has 0 bridgehead atoms. The highest BCUT2D eigenvalue weighted by atomic mass is 16.5. The maximum Gasteiger partial charge on any atom is 0.159 e. The van der Waals surface area contributed by atoms with E-state index >= 15 is 0 Å². The van der Waals surface area contributed by atoms with Gasteiger partial charge in [-0.25, -0.2) is 9.97 Å². The summed E-state index contributed by atoms with van der Waals surface area (Å²) >= 11 is 0. The van der Waals surface area contributed by atoms with E-state index in [1.807, 2.05) is 24.5 Å². The molecule has 1 saturated carbocycles. The van der Waals surface area contributed by atoms with Gasteiger partial charge < -0.3 is 4.74 Å². The maximum absolute atomic E-state index is 5.73. The van der Waals surface area contributed by atoms with Crippen LogP contribution in [0.2, 0.25) is 0 Å². The third kappa shape index (κ3) is 5.79. The van der Waals surface area contributed by atoms with Crippen molar-refractivity contribution in [1.82, 2.24) is 9.97 Å². The van der Waals surface area contributed by atoms with Crippen molar-refractivity contribution in [2.45, 2.75) is 77.6 Å². The first kappa shape index (κ1) is 19.9. The molecular weight excluding hydrogens is 332 g/mol. The van der Waals surface area contributed by atoms with Crippen molar-refractivity contribution >= 4 is 0 Å². The van der Waals surface area contributed by atoms with Crippen molar-refractivity contribution in [2.75, 3.05) is 6.61 Å². The van der Waals surface area contributed by atoms with Gasteiger partial charge in [0, 0.05) is 18.0 Å². The van der Waals surface area contributed by atoms with E-state index in [0.29, 0.717) is 5.92 Å². The van der Waals surface area contributed by atoms with Gasteiger partial charge in [-0.3, -0.25) is 0 Å². The molecule has 0 saturated heterocycles. The van der Waals surface area contributed by atoms with Crippen LogP contribution >= 0.6 is 0 Å². The van der Waals surface area contributed by atoms with Gasteiger partial charge in [0.05, 0.1) is 6.61 Å². The predicted octanol–water partition coefficient (Wildman–Crippen LogP) is 6.79. The topological polar surface area (TPSA) is 35.0 Å². The maximum atomic E-state index is 5.73. The molecule has 0 unspecified atom stereocenters. The molecule has 2 aromatic rings. The molecular formula is C24H34N2O. The Hall–Kier alpha value is -1.90. The number of rotatable bonds is 9. The number of nitrogens with zero attached hydrogens (tertiary/aromatic N) is 2. The van der Waals surface area contributed by atoms with E-state index in [1.54, 1.807) is 0 Å². The lowest BCUT2D eigenvalue weighted by Crippen LogP contribution is -2.13. The SMILES string of the molecule is CCCCOc1ccc(-c2ncc(C3CCC(CCCC)CC3)cn2)cc1. The van der Waals surface area contributed by atoms with Gasteiger partial charge in [0.2, 0.25) is 0 Å². The molecule has 0 atom stereocenters. The zero-order valence-electron chi connectivity index (χ0n) is 17.0. The summed E-state index contributed by atoms with van der Waals surface area (Å²) in [4.78, 5) is 9.29. The number of ether oxygens (including phenoxy) is 1. The van der Waals surface area contributed by atoms with Gasteiger partial charge in [-0.2, -0.15) is 0 Å². The predicted molar refractivity (Wildman–Crippen MR) is 112 cm³/mol. The lowest BCUT2D eigenvalue weighted by atomic mass is 9.78. The number of aromatic nitrogens is 2. The summed E-state index contributed by atoms with van der Waals surface area (Å²) in [6, 6.07) is 8.13. The smallest absolute Gasteiger partial charge is 0.159 e. The van der Waals surface area contributed by atoms with Crippen molar-refractivity contribution < 1.29 is 4.74 Å². The molecule has 1 heterocycles. The quantitative estimate of drug-likeness (QED) is 0.458. The van der Waals surface area contributed by atoms with Crippen molar-refractivity contribution in [1.29, 1.82) is 0 Å². The molecule has 0 N–H and O–H groups in total. The third-order valence-corrected chi connectivity index (χ3v) is 5.84. The summed E-state index contributed by atoms with van der Waals surface area (Å²) < 4.78 is 5.73. The van der Waals surface area contributed by atoms with Crippen molar-refractivity contribution in [3.63, 3.8) is 0 Å². The molecule has 146 valence electrons. The molecule has 1 aliphatic carbocycles.